The Kier molecular flexibility index (Phi) is 5.61. The number of amides is 4. The van der Waals surface area contributed by atoms with Gasteiger partial charge < -0.3 is 15.7 Å². The molecular formula is C7H12Cl3N3O3. The van der Waals surface area contributed by atoms with E-state index in [0.29, 0.717) is 4.90 Å². The Balaban J connectivity index is 4.72. The van der Waals surface area contributed by atoms with Gasteiger partial charge in [-0.05, 0) is 0 Å². The van der Waals surface area contributed by atoms with Crippen LogP contribution in [0.1, 0.15) is 0 Å². The van der Waals surface area contributed by atoms with Crippen LogP contribution in [0.25, 0.3) is 0 Å². The highest BCUT2D eigenvalue weighted by Crippen LogP contribution is 2.30. The van der Waals surface area contributed by atoms with Crippen molar-refractivity contribution >= 4 is 46.9 Å². The molecule has 0 aliphatic carbocycles. The molecule has 1 atom stereocenters. The summed E-state index contributed by atoms with van der Waals surface area (Å²) in [5, 5.41) is 9.42. The summed E-state index contributed by atoms with van der Waals surface area (Å²) in [7, 11) is 2.83. The van der Waals surface area contributed by atoms with Crippen molar-refractivity contribution in [3.8, 4) is 0 Å². The van der Waals surface area contributed by atoms with Crippen LogP contribution < -0.4 is 5.73 Å². The Hall–Kier alpha value is -0.430. The average molecular weight is 293 g/mol. The number of carbonyl (C=O) groups is 2. The van der Waals surface area contributed by atoms with Gasteiger partial charge in [0, 0.05) is 14.1 Å². The third kappa shape index (κ3) is 4.61. The summed E-state index contributed by atoms with van der Waals surface area (Å²) in [6.45, 7) is -0.497. The summed E-state index contributed by atoms with van der Waals surface area (Å²) in [5.74, 6) is 0. The number of rotatable bonds is 2. The van der Waals surface area contributed by atoms with Crippen LogP contribution in [0.5, 0.6) is 0 Å². The Morgan fingerprint density at radius 2 is 1.81 bits per heavy atom. The lowest BCUT2D eigenvalue weighted by Crippen LogP contribution is -2.51. The van der Waals surface area contributed by atoms with E-state index in [9.17, 15) is 14.7 Å². The maximum absolute atomic E-state index is 11.5. The zero-order chi connectivity index (χ0) is 13.1. The molecule has 6 nitrogen and oxygen atoms in total. The van der Waals surface area contributed by atoms with Crippen molar-refractivity contribution in [3.05, 3.63) is 0 Å². The lowest BCUT2D eigenvalue weighted by molar-refractivity contribution is 0.122. The minimum absolute atomic E-state index is 0.497. The van der Waals surface area contributed by atoms with Gasteiger partial charge in [0.25, 0.3) is 0 Å². The standard InChI is InChI=1S/C7H12Cl3N3O3/c1-12(2)6(16)13(5(11)15)3-4(14)7(8,9)10/h4,14H,3H2,1-2H3,(H2,11,15). The quantitative estimate of drug-likeness (QED) is 0.737. The maximum atomic E-state index is 11.5. The van der Waals surface area contributed by atoms with Crippen LogP contribution in [0.2, 0.25) is 0 Å². The monoisotopic (exact) mass is 291 g/mol. The van der Waals surface area contributed by atoms with Gasteiger partial charge in [-0.2, -0.15) is 0 Å². The lowest BCUT2D eigenvalue weighted by atomic mass is 10.3. The molecule has 3 N–H and O–H groups in total. The molecule has 0 heterocycles. The van der Waals surface area contributed by atoms with Gasteiger partial charge in [-0.3, -0.25) is 0 Å². The van der Waals surface area contributed by atoms with Crippen molar-refractivity contribution in [2.24, 2.45) is 5.73 Å². The first-order chi connectivity index (χ1) is 7.07. The van der Waals surface area contributed by atoms with Crippen LogP contribution in [-0.4, -0.2) is 57.5 Å². The minimum Gasteiger partial charge on any atom is -0.387 e. The number of halogens is 3. The molecular weight excluding hydrogens is 280 g/mol. The molecule has 0 aromatic carbocycles. The number of urea groups is 2. The zero-order valence-electron chi connectivity index (χ0n) is 8.65. The molecule has 0 saturated heterocycles. The molecule has 0 fully saturated rings. The smallest absolute Gasteiger partial charge is 0.327 e. The van der Waals surface area contributed by atoms with E-state index in [0.717, 1.165) is 4.90 Å². The maximum Gasteiger partial charge on any atom is 0.327 e. The molecule has 16 heavy (non-hydrogen) atoms. The molecule has 0 saturated carbocycles. The number of nitrogens with zero attached hydrogens (tertiary/aromatic N) is 2. The molecule has 0 aromatic heterocycles. The second kappa shape index (κ2) is 5.77. The number of hydrogen-bond donors (Lipinski definition) is 2. The van der Waals surface area contributed by atoms with Gasteiger partial charge >= 0.3 is 12.1 Å². The largest absolute Gasteiger partial charge is 0.387 e. The number of primary amides is 1. The molecule has 0 aromatic rings. The highest BCUT2D eigenvalue weighted by molar-refractivity contribution is 6.68. The molecule has 4 amide bonds. The fraction of sp³-hybridized carbons (Fsp3) is 0.714. The Labute approximate surface area is 108 Å². The zero-order valence-corrected chi connectivity index (χ0v) is 10.9. The number of hydrogen-bond acceptors (Lipinski definition) is 3. The number of carbonyl (C=O) groups excluding carboxylic acids is 2. The Bertz CT molecular complexity index is 280. The van der Waals surface area contributed by atoms with Gasteiger partial charge in [0.15, 0.2) is 0 Å². The third-order valence-electron chi connectivity index (χ3n) is 1.61. The molecule has 1 unspecified atom stereocenters. The SMILES string of the molecule is CN(C)C(=O)N(CC(O)C(Cl)(Cl)Cl)C(N)=O. The van der Waals surface area contributed by atoms with Crippen LogP contribution in [0.4, 0.5) is 9.59 Å². The van der Waals surface area contributed by atoms with Gasteiger partial charge in [0.05, 0.1) is 6.54 Å². The second-order valence-electron chi connectivity index (χ2n) is 3.18. The van der Waals surface area contributed by atoms with E-state index in [1.807, 2.05) is 0 Å². The number of aliphatic hydroxyl groups is 1. The van der Waals surface area contributed by atoms with E-state index in [1.54, 1.807) is 0 Å². The van der Waals surface area contributed by atoms with Crippen LogP contribution in [0.3, 0.4) is 0 Å². The molecule has 0 bridgehead atoms. The summed E-state index contributed by atoms with van der Waals surface area (Å²) in [4.78, 5) is 24.1. The average Bonchev–Trinajstić information content (AvgIpc) is 2.10. The number of aliphatic hydroxyl groups excluding tert-OH is 1. The highest BCUT2D eigenvalue weighted by atomic mass is 35.6. The summed E-state index contributed by atoms with van der Waals surface area (Å²) in [6, 6.07) is -1.74. The lowest BCUT2D eigenvalue weighted by Gasteiger charge is -2.27. The summed E-state index contributed by atoms with van der Waals surface area (Å²) >= 11 is 16.2. The molecule has 0 radical (unpaired) electrons. The second-order valence-corrected chi connectivity index (χ2v) is 5.55. The van der Waals surface area contributed by atoms with Gasteiger partial charge in [-0.15, -0.1) is 0 Å². The van der Waals surface area contributed by atoms with Gasteiger partial charge in [0.1, 0.15) is 6.10 Å². The van der Waals surface area contributed by atoms with Crippen LogP contribution >= 0.6 is 34.8 Å². The third-order valence-corrected chi connectivity index (χ3v) is 2.37. The fourth-order valence-corrected chi connectivity index (χ4v) is 0.987. The molecule has 0 rings (SSSR count). The summed E-state index contributed by atoms with van der Waals surface area (Å²) < 4.78 is -2.00. The van der Waals surface area contributed by atoms with E-state index in [4.69, 9.17) is 40.5 Å². The van der Waals surface area contributed by atoms with Crippen molar-refractivity contribution in [3.63, 3.8) is 0 Å². The number of imide groups is 1. The highest BCUT2D eigenvalue weighted by Gasteiger charge is 2.35. The summed E-state index contributed by atoms with van der Waals surface area (Å²) in [5.41, 5.74) is 4.97. The van der Waals surface area contributed by atoms with E-state index in [1.165, 1.54) is 14.1 Å². The molecule has 9 heteroatoms. The van der Waals surface area contributed by atoms with Crippen LogP contribution in [0.15, 0.2) is 0 Å². The predicted molar refractivity (Wildman–Crippen MR) is 61.7 cm³/mol. The van der Waals surface area contributed by atoms with Crippen LogP contribution in [-0.2, 0) is 0 Å². The van der Waals surface area contributed by atoms with Crippen molar-refractivity contribution in [2.45, 2.75) is 9.90 Å². The van der Waals surface area contributed by atoms with E-state index < -0.39 is 28.5 Å². The fourth-order valence-electron chi connectivity index (χ4n) is 0.780. The summed E-state index contributed by atoms with van der Waals surface area (Å²) in [6.07, 6.45) is -1.52. The molecule has 0 aliphatic rings. The van der Waals surface area contributed by atoms with Crippen molar-refractivity contribution < 1.29 is 14.7 Å². The Morgan fingerprint density at radius 1 is 1.38 bits per heavy atom. The first-order valence-electron chi connectivity index (χ1n) is 4.10. The van der Waals surface area contributed by atoms with Crippen molar-refractivity contribution in [1.29, 1.82) is 0 Å². The van der Waals surface area contributed by atoms with E-state index in [2.05, 4.69) is 0 Å². The van der Waals surface area contributed by atoms with Crippen LogP contribution in [0, 0.1) is 0 Å². The Morgan fingerprint density at radius 3 is 2.06 bits per heavy atom. The minimum atomic E-state index is -2.00. The van der Waals surface area contributed by atoms with Gasteiger partial charge in [0.2, 0.25) is 3.79 Å². The van der Waals surface area contributed by atoms with Crippen molar-refractivity contribution in [2.75, 3.05) is 20.6 Å². The predicted octanol–water partition coefficient (Wildman–Crippen LogP) is 0.780. The van der Waals surface area contributed by atoms with Crippen molar-refractivity contribution in [1.82, 2.24) is 9.80 Å². The normalized spacial score (nSPS) is 13.1. The number of nitrogens with two attached hydrogens (primary N) is 1. The van der Waals surface area contributed by atoms with Gasteiger partial charge in [-0.25, -0.2) is 14.5 Å². The first kappa shape index (κ1) is 15.6. The number of alkyl halides is 3. The first-order valence-corrected chi connectivity index (χ1v) is 5.23. The topological polar surface area (TPSA) is 86.9 Å². The molecule has 0 spiro atoms. The van der Waals surface area contributed by atoms with Gasteiger partial charge in [-0.1, -0.05) is 34.8 Å². The molecule has 0 aliphatic heterocycles. The van der Waals surface area contributed by atoms with E-state index in [-0.39, 0.29) is 0 Å². The van der Waals surface area contributed by atoms with E-state index >= 15 is 0 Å². The molecule has 94 valence electrons.